The number of aromatic nitrogens is 5. The first-order valence-electron chi connectivity index (χ1n) is 18.8. The molecule has 0 unspecified atom stereocenters. The van der Waals surface area contributed by atoms with Crippen molar-refractivity contribution in [1.82, 2.24) is 23.9 Å². The van der Waals surface area contributed by atoms with Gasteiger partial charge in [0.1, 0.15) is 11.2 Å². The Hall–Kier alpha value is -7.70. The Morgan fingerprint density at radius 3 is 1.66 bits per heavy atom. The molecule has 4 heterocycles. The van der Waals surface area contributed by atoms with Crippen molar-refractivity contribution in [2.45, 2.75) is 0 Å². The molecule has 262 valence electrons. The number of hydrogen-bond donors (Lipinski definition) is 0. The third kappa shape index (κ3) is 4.38. The topological polar surface area (TPSA) is 53.7 Å². The Labute approximate surface area is 320 Å². The maximum atomic E-state index is 6.58. The number of para-hydroxylation sites is 4. The van der Waals surface area contributed by atoms with Gasteiger partial charge in [-0.3, -0.25) is 4.57 Å². The quantitative estimate of drug-likeness (QED) is 0.178. The van der Waals surface area contributed by atoms with Crippen molar-refractivity contribution in [3.8, 4) is 39.8 Å². The highest BCUT2D eigenvalue weighted by molar-refractivity contribution is 6.24. The first-order chi connectivity index (χ1) is 27.8. The van der Waals surface area contributed by atoms with E-state index in [9.17, 15) is 0 Å². The zero-order valence-electron chi connectivity index (χ0n) is 30.0. The fraction of sp³-hybridized carbons (Fsp3) is 0. The number of rotatable bonds is 5. The standard InChI is InChI=1S/C50H31N5O/c1-3-15-32(16-4-1)49-51-52-50(55(49)33-17-5-2-6-18-33)40-24-14-27-43-46(40)38-22-7-10-25-41(38)53(43)34-19-13-20-35(31-34)54-42-26-11-8-23-39(42)47-44(54)30-29-37-36-21-9-12-28-45(36)56-48(37)47/h1-31H. The Kier molecular flexibility index (Phi) is 6.53. The molecular weight excluding hydrogens is 687 g/mol. The van der Waals surface area contributed by atoms with Crippen LogP contribution in [-0.4, -0.2) is 23.9 Å². The average molecular weight is 718 g/mol. The lowest BCUT2D eigenvalue weighted by atomic mass is 10.1. The van der Waals surface area contributed by atoms with Crippen LogP contribution in [0.15, 0.2) is 192 Å². The van der Waals surface area contributed by atoms with Crippen LogP contribution in [0, 0.1) is 0 Å². The lowest BCUT2D eigenvalue weighted by Gasteiger charge is -2.13. The fourth-order valence-corrected chi connectivity index (χ4v) is 8.82. The molecule has 0 spiro atoms. The molecule has 0 saturated carbocycles. The molecule has 0 bridgehead atoms. The minimum Gasteiger partial charge on any atom is -0.455 e. The normalized spacial score (nSPS) is 11.9. The van der Waals surface area contributed by atoms with E-state index in [2.05, 4.69) is 171 Å². The molecule has 0 aliphatic rings. The summed E-state index contributed by atoms with van der Waals surface area (Å²) >= 11 is 0. The maximum Gasteiger partial charge on any atom is 0.169 e. The highest BCUT2D eigenvalue weighted by Gasteiger charge is 2.23. The number of benzene rings is 8. The minimum absolute atomic E-state index is 0.791. The van der Waals surface area contributed by atoms with Crippen LogP contribution < -0.4 is 0 Å². The van der Waals surface area contributed by atoms with Crippen molar-refractivity contribution in [3.63, 3.8) is 0 Å². The summed E-state index contributed by atoms with van der Waals surface area (Å²) in [7, 11) is 0. The molecule has 0 aliphatic carbocycles. The van der Waals surface area contributed by atoms with E-state index >= 15 is 0 Å². The molecule has 0 radical (unpaired) electrons. The van der Waals surface area contributed by atoms with E-state index in [-0.39, 0.29) is 0 Å². The van der Waals surface area contributed by atoms with E-state index in [1.165, 1.54) is 0 Å². The lowest BCUT2D eigenvalue weighted by Crippen LogP contribution is -2.01. The highest BCUT2D eigenvalue weighted by Crippen LogP contribution is 2.42. The Balaban J connectivity index is 1.10. The van der Waals surface area contributed by atoms with Crippen molar-refractivity contribution < 1.29 is 4.42 Å². The molecular formula is C50H31N5O. The number of fused-ring (bicyclic) bond motifs is 10. The molecule has 56 heavy (non-hydrogen) atoms. The Morgan fingerprint density at radius 1 is 0.357 bits per heavy atom. The summed E-state index contributed by atoms with van der Waals surface area (Å²) in [5.74, 6) is 1.59. The third-order valence-electron chi connectivity index (χ3n) is 11.2. The van der Waals surface area contributed by atoms with Gasteiger partial charge in [0, 0.05) is 55.1 Å². The van der Waals surface area contributed by atoms with Gasteiger partial charge in [0.25, 0.3) is 0 Å². The van der Waals surface area contributed by atoms with E-state index in [0.29, 0.717) is 0 Å². The lowest BCUT2D eigenvalue weighted by molar-refractivity contribution is 0.673. The number of furan rings is 1. The van der Waals surface area contributed by atoms with E-state index in [4.69, 9.17) is 14.6 Å². The smallest absolute Gasteiger partial charge is 0.169 e. The summed E-state index contributed by atoms with van der Waals surface area (Å²) < 4.78 is 13.5. The maximum absolute atomic E-state index is 6.58. The van der Waals surface area contributed by atoms with Crippen LogP contribution in [0.1, 0.15) is 0 Å². The SMILES string of the molecule is c1ccc(-c2nnc(-c3cccc4c3c3ccccc3n4-c3cccc(-n4c5ccccc5c5c6oc7ccccc7c6ccc54)c3)n2-c2ccccc2)cc1. The second kappa shape index (κ2) is 11.9. The van der Waals surface area contributed by atoms with Gasteiger partial charge in [0.2, 0.25) is 0 Å². The Morgan fingerprint density at radius 2 is 0.911 bits per heavy atom. The predicted octanol–water partition coefficient (Wildman–Crippen LogP) is 12.7. The van der Waals surface area contributed by atoms with Gasteiger partial charge in [-0.05, 0) is 66.7 Å². The molecule has 8 aromatic carbocycles. The van der Waals surface area contributed by atoms with Gasteiger partial charge in [-0.25, -0.2) is 0 Å². The molecule has 0 fully saturated rings. The number of nitrogens with zero attached hydrogens (tertiary/aromatic N) is 5. The van der Waals surface area contributed by atoms with Gasteiger partial charge in [-0.1, -0.05) is 121 Å². The number of hydrogen-bond acceptors (Lipinski definition) is 3. The molecule has 12 rings (SSSR count). The van der Waals surface area contributed by atoms with Crippen molar-refractivity contribution >= 4 is 65.6 Å². The molecule has 0 N–H and O–H groups in total. The first kappa shape index (κ1) is 30.7. The van der Waals surface area contributed by atoms with Crippen LogP contribution in [0.3, 0.4) is 0 Å². The largest absolute Gasteiger partial charge is 0.455 e. The predicted molar refractivity (Wildman–Crippen MR) is 228 cm³/mol. The van der Waals surface area contributed by atoms with Gasteiger partial charge >= 0.3 is 0 Å². The van der Waals surface area contributed by atoms with Crippen LogP contribution in [0.25, 0.3) is 105 Å². The molecule has 6 nitrogen and oxygen atoms in total. The summed E-state index contributed by atoms with van der Waals surface area (Å²) in [5, 5.41) is 16.5. The van der Waals surface area contributed by atoms with E-state index in [1.807, 2.05) is 30.3 Å². The van der Waals surface area contributed by atoms with Crippen molar-refractivity contribution in [2.24, 2.45) is 0 Å². The molecule has 6 heteroatoms. The molecule has 0 saturated heterocycles. The van der Waals surface area contributed by atoms with Crippen molar-refractivity contribution in [2.75, 3.05) is 0 Å². The second-order valence-corrected chi connectivity index (χ2v) is 14.2. The highest BCUT2D eigenvalue weighted by atomic mass is 16.3. The monoisotopic (exact) mass is 717 g/mol. The summed E-state index contributed by atoms with van der Waals surface area (Å²) in [4.78, 5) is 0. The third-order valence-corrected chi connectivity index (χ3v) is 11.2. The summed E-state index contributed by atoms with van der Waals surface area (Å²) in [6.45, 7) is 0. The van der Waals surface area contributed by atoms with Gasteiger partial charge in [-0.2, -0.15) is 0 Å². The zero-order valence-corrected chi connectivity index (χ0v) is 30.0. The van der Waals surface area contributed by atoms with Crippen LogP contribution >= 0.6 is 0 Å². The molecule has 0 atom stereocenters. The first-order valence-corrected chi connectivity index (χ1v) is 18.8. The van der Waals surface area contributed by atoms with E-state index < -0.39 is 0 Å². The van der Waals surface area contributed by atoms with Crippen LogP contribution in [0.2, 0.25) is 0 Å². The van der Waals surface area contributed by atoms with Crippen molar-refractivity contribution in [1.29, 1.82) is 0 Å². The van der Waals surface area contributed by atoms with E-state index in [0.717, 1.165) is 105 Å². The van der Waals surface area contributed by atoms with Gasteiger partial charge < -0.3 is 13.6 Å². The minimum atomic E-state index is 0.791. The van der Waals surface area contributed by atoms with E-state index in [1.54, 1.807) is 0 Å². The average Bonchev–Trinajstić information content (AvgIpc) is 4.04. The summed E-state index contributed by atoms with van der Waals surface area (Å²) in [6, 6.07) is 66.1. The molecule has 4 aromatic heterocycles. The van der Waals surface area contributed by atoms with Gasteiger partial charge in [-0.15, -0.1) is 10.2 Å². The second-order valence-electron chi connectivity index (χ2n) is 14.2. The van der Waals surface area contributed by atoms with Gasteiger partial charge in [0.05, 0.1) is 27.5 Å². The van der Waals surface area contributed by atoms with Crippen LogP contribution in [0.5, 0.6) is 0 Å². The molecule has 0 amide bonds. The van der Waals surface area contributed by atoms with Crippen LogP contribution in [0.4, 0.5) is 0 Å². The molecule has 0 aliphatic heterocycles. The fourth-order valence-electron chi connectivity index (χ4n) is 8.82. The zero-order chi connectivity index (χ0) is 36.7. The van der Waals surface area contributed by atoms with Crippen molar-refractivity contribution in [3.05, 3.63) is 188 Å². The summed E-state index contributed by atoms with van der Waals surface area (Å²) in [6.07, 6.45) is 0. The van der Waals surface area contributed by atoms with Gasteiger partial charge in [0.15, 0.2) is 11.6 Å². The summed E-state index contributed by atoms with van der Waals surface area (Å²) in [5.41, 5.74) is 11.4. The Bertz CT molecular complexity index is 3480. The molecule has 12 aromatic rings. The van der Waals surface area contributed by atoms with Crippen LogP contribution in [-0.2, 0) is 0 Å².